The van der Waals surface area contributed by atoms with Gasteiger partial charge in [0.1, 0.15) is 0 Å². The molecule has 0 bridgehead atoms. The molecule has 6 nitrogen and oxygen atoms in total. The summed E-state index contributed by atoms with van der Waals surface area (Å²) in [6.45, 7) is 11.3. The SMILES string of the molecule is CC(C)(C)NC(=O)CN1CCC(CNC(=O)C2CC23CCNCC3)CC1.Cl.Cl. The number of nitrogens with one attached hydrogen (secondary N) is 3. The van der Waals surface area contributed by atoms with E-state index in [9.17, 15) is 9.59 Å². The summed E-state index contributed by atoms with van der Waals surface area (Å²) < 4.78 is 0. The Morgan fingerprint density at radius 2 is 1.71 bits per heavy atom. The first kappa shape index (κ1) is 25.5. The Hall–Kier alpha value is -0.560. The van der Waals surface area contributed by atoms with Gasteiger partial charge in [0.15, 0.2) is 0 Å². The molecule has 8 heteroatoms. The Balaban J connectivity index is 0.00000196. The second kappa shape index (κ2) is 10.5. The van der Waals surface area contributed by atoms with Crippen LogP contribution in [0.4, 0.5) is 0 Å². The molecule has 1 atom stereocenters. The third-order valence-corrected chi connectivity index (χ3v) is 6.26. The van der Waals surface area contributed by atoms with Crippen LogP contribution in [0.5, 0.6) is 0 Å². The highest BCUT2D eigenvalue weighted by molar-refractivity contribution is 5.85. The van der Waals surface area contributed by atoms with Crippen molar-refractivity contribution < 1.29 is 9.59 Å². The Kier molecular flexibility index (Phi) is 9.52. The molecule has 2 aliphatic heterocycles. The molecule has 164 valence electrons. The van der Waals surface area contributed by atoms with Crippen LogP contribution in [0.15, 0.2) is 0 Å². The standard InChI is InChI=1S/C20H36N4O2.2ClH/c1-19(2,3)23-17(25)14-24-10-4-15(5-11-24)13-22-18(26)16-12-20(16)6-8-21-9-7-20;;/h15-16,21H,4-14H2,1-3H3,(H,22,26)(H,23,25);2*1H. The third kappa shape index (κ3) is 7.05. The number of rotatable bonds is 5. The van der Waals surface area contributed by atoms with Crippen LogP contribution >= 0.6 is 24.8 Å². The number of carbonyl (C=O) groups excluding carboxylic acids is 2. The molecule has 1 spiro atoms. The van der Waals surface area contributed by atoms with E-state index in [1.165, 1.54) is 0 Å². The van der Waals surface area contributed by atoms with Crippen molar-refractivity contribution in [3.63, 3.8) is 0 Å². The normalized spacial score (nSPS) is 24.6. The topological polar surface area (TPSA) is 73.5 Å². The molecule has 3 aliphatic rings. The van der Waals surface area contributed by atoms with E-state index in [0.717, 1.165) is 64.8 Å². The van der Waals surface area contributed by atoms with Gasteiger partial charge in [0.25, 0.3) is 0 Å². The van der Waals surface area contributed by atoms with Gasteiger partial charge in [-0.1, -0.05) is 0 Å². The molecule has 1 saturated carbocycles. The van der Waals surface area contributed by atoms with Crippen molar-refractivity contribution >= 4 is 36.6 Å². The summed E-state index contributed by atoms with van der Waals surface area (Å²) in [7, 11) is 0. The van der Waals surface area contributed by atoms with Crippen LogP contribution in [-0.2, 0) is 9.59 Å². The van der Waals surface area contributed by atoms with Gasteiger partial charge in [0.2, 0.25) is 11.8 Å². The van der Waals surface area contributed by atoms with Gasteiger partial charge in [-0.2, -0.15) is 0 Å². The number of hydrogen-bond acceptors (Lipinski definition) is 4. The molecular formula is C20H38Cl2N4O2. The number of nitrogens with zero attached hydrogens (tertiary/aromatic N) is 1. The fourth-order valence-corrected chi connectivity index (χ4v) is 4.57. The van der Waals surface area contributed by atoms with Gasteiger partial charge in [0.05, 0.1) is 6.54 Å². The summed E-state index contributed by atoms with van der Waals surface area (Å²) >= 11 is 0. The summed E-state index contributed by atoms with van der Waals surface area (Å²) in [5.41, 5.74) is 0.146. The monoisotopic (exact) mass is 436 g/mol. The van der Waals surface area contributed by atoms with Crippen molar-refractivity contribution in [3.8, 4) is 0 Å². The summed E-state index contributed by atoms with van der Waals surface area (Å²) in [5.74, 6) is 1.18. The summed E-state index contributed by atoms with van der Waals surface area (Å²) in [5, 5.41) is 9.63. The third-order valence-electron chi connectivity index (χ3n) is 6.26. The quantitative estimate of drug-likeness (QED) is 0.615. The molecule has 0 aromatic heterocycles. The molecule has 1 aliphatic carbocycles. The van der Waals surface area contributed by atoms with Crippen molar-refractivity contribution in [1.82, 2.24) is 20.9 Å². The predicted molar refractivity (Wildman–Crippen MR) is 117 cm³/mol. The molecule has 28 heavy (non-hydrogen) atoms. The zero-order valence-corrected chi connectivity index (χ0v) is 19.1. The first-order valence-corrected chi connectivity index (χ1v) is 10.3. The van der Waals surface area contributed by atoms with Gasteiger partial charge < -0.3 is 16.0 Å². The van der Waals surface area contributed by atoms with Crippen molar-refractivity contribution in [3.05, 3.63) is 0 Å². The van der Waals surface area contributed by atoms with Crippen LogP contribution < -0.4 is 16.0 Å². The fourth-order valence-electron chi connectivity index (χ4n) is 4.57. The highest BCUT2D eigenvalue weighted by atomic mass is 35.5. The Bertz CT molecular complexity index is 525. The summed E-state index contributed by atoms with van der Waals surface area (Å²) in [6.07, 6.45) is 5.51. The maximum Gasteiger partial charge on any atom is 0.234 e. The van der Waals surface area contributed by atoms with E-state index in [0.29, 0.717) is 17.9 Å². The zero-order chi connectivity index (χ0) is 18.8. The van der Waals surface area contributed by atoms with Crippen molar-refractivity contribution in [2.24, 2.45) is 17.3 Å². The van der Waals surface area contributed by atoms with Crippen LogP contribution in [0.25, 0.3) is 0 Å². The lowest BCUT2D eigenvalue weighted by molar-refractivity contribution is -0.124. The number of amides is 2. The molecule has 0 aromatic carbocycles. The molecule has 3 N–H and O–H groups in total. The van der Waals surface area contributed by atoms with E-state index in [-0.39, 0.29) is 48.1 Å². The lowest BCUT2D eigenvalue weighted by atomic mass is 9.91. The lowest BCUT2D eigenvalue weighted by Crippen LogP contribution is -2.48. The van der Waals surface area contributed by atoms with Gasteiger partial charge in [-0.05, 0) is 90.4 Å². The maximum absolute atomic E-state index is 12.5. The van der Waals surface area contributed by atoms with E-state index in [1.807, 2.05) is 20.8 Å². The molecule has 0 radical (unpaired) electrons. The Morgan fingerprint density at radius 1 is 1.11 bits per heavy atom. The van der Waals surface area contributed by atoms with Crippen LogP contribution in [-0.4, -0.2) is 61.5 Å². The van der Waals surface area contributed by atoms with Crippen molar-refractivity contribution in [2.45, 2.75) is 58.4 Å². The number of piperidine rings is 2. The van der Waals surface area contributed by atoms with Gasteiger partial charge in [-0.25, -0.2) is 0 Å². The van der Waals surface area contributed by atoms with E-state index in [4.69, 9.17) is 0 Å². The lowest BCUT2D eigenvalue weighted by Gasteiger charge is -2.32. The average Bonchev–Trinajstić information content (AvgIpc) is 3.26. The molecule has 2 amide bonds. The van der Waals surface area contributed by atoms with E-state index < -0.39 is 0 Å². The molecule has 2 saturated heterocycles. The van der Waals surface area contributed by atoms with Crippen LogP contribution in [0.3, 0.4) is 0 Å². The van der Waals surface area contributed by atoms with Gasteiger partial charge >= 0.3 is 0 Å². The number of halogens is 2. The smallest absolute Gasteiger partial charge is 0.234 e. The van der Waals surface area contributed by atoms with Crippen molar-refractivity contribution in [1.29, 1.82) is 0 Å². The van der Waals surface area contributed by atoms with Crippen molar-refractivity contribution in [2.75, 3.05) is 39.3 Å². The molecule has 2 heterocycles. The van der Waals surface area contributed by atoms with Crippen LogP contribution in [0.1, 0.15) is 52.9 Å². The first-order valence-electron chi connectivity index (χ1n) is 10.3. The molecule has 0 aromatic rings. The molecule has 3 rings (SSSR count). The average molecular weight is 437 g/mol. The van der Waals surface area contributed by atoms with Crippen LogP contribution in [0.2, 0.25) is 0 Å². The highest BCUT2D eigenvalue weighted by Gasteiger charge is 2.57. The molecule has 3 fully saturated rings. The van der Waals surface area contributed by atoms with Gasteiger partial charge in [0, 0.05) is 18.0 Å². The summed E-state index contributed by atoms with van der Waals surface area (Å²) in [4.78, 5) is 26.7. The Morgan fingerprint density at radius 3 is 2.29 bits per heavy atom. The predicted octanol–water partition coefficient (Wildman–Crippen LogP) is 1.96. The van der Waals surface area contributed by atoms with E-state index in [1.54, 1.807) is 0 Å². The van der Waals surface area contributed by atoms with E-state index >= 15 is 0 Å². The number of likely N-dealkylation sites (tertiary alicyclic amines) is 1. The summed E-state index contributed by atoms with van der Waals surface area (Å²) in [6, 6.07) is 0. The van der Waals surface area contributed by atoms with Crippen LogP contribution in [0, 0.1) is 17.3 Å². The number of hydrogen-bond donors (Lipinski definition) is 3. The molecular weight excluding hydrogens is 399 g/mol. The second-order valence-corrected chi connectivity index (χ2v) is 9.63. The molecule has 1 unspecified atom stereocenters. The minimum atomic E-state index is -0.172. The largest absolute Gasteiger partial charge is 0.356 e. The minimum Gasteiger partial charge on any atom is -0.356 e. The number of carbonyl (C=O) groups is 2. The van der Waals surface area contributed by atoms with Gasteiger partial charge in [-0.3, -0.25) is 14.5 Å². The minimum absolute atomic E-state index is 0. The first-order chi connectivity index (χ1) is 12.3. The fraction of sp³-hybridized carbons (Fsp3) is 0.900. The second-order valence-electron chi connectivity index (χ2n) is 9.63. The zero-order valence-electron chi connectivity index (χ0n) is 17.5. The maximum atomic E-state index is 12.5. The van der Waals surface area contributed by atoms with E-state index in [2.05, 4.69) is 20.9 Å². The highest BCUT2D eigenvalue weighted by Crippen LogP contribution is 2.58. The van der Waals surface area contributed by atoms with Gasteiger partial charge in [-0.15, -0.1) is 24.8 Å². The Labute approximate surface area is 182 Å².